The van der Waals surface area contributed by atoms with Crippen molar-refractivity contribution in [1.29, 1.82) is 0 Å². The van der Waals surface area contributed by atoms with E-state index in [4.69, 9.17) is 0 Å². The molecule has 0 radical (unpaired) electrons. The molecule has 0 fully saturated rings. The lowest BCUT2D eigenvalue weighted by Gasteiger charge is -2.06. The summed E-state index contributed by atoms with van der Waals surface area (Å²) in [6.07, 6.45) is 3.77. The Morgan fingerprint density at radius 3 is 2.44 bits per heavy atom. The summed E-state index contributed by atoms with van der Waals surface area (Å²) >= 11 is 0. The summed E-state index contributed by atoms with van der Waals surface area (Å²) < 4.78 is 0. The number of rotatable bonds is 3. The lowest BCUT2D eigenvalue weighted by Crippen LogP contribution is -2.00. The molecule has 1 aromatic heterocycles. The van der Waals surface area contributed by atoms with Crippen LogP contribution < -0.4 is 5.32 Å². The Kier molecular flexibility index (Phi) is 3.20. The van der Waals surface area contributed by atoms with Gasteiger partial charge in [0.15, 0.2) is 0 Å². The van der Waals surface area contributed by atoms with Gasteiger partial charge < -0.3 is 5.32 Å². The molecule has 2 rings (SSSR count). The Bertz CT molecular complexity index is 460. The Hall–Kier alpha value is -1.83. The van der Waals surface area contributed by atoms with Crippen molar-refractivity contribution >= 4 is 5.69 Å². The quantitative estimate of drug-likeness (QED) is 0.844. The predicted octanol–water partition coefficient (Wildman–Crippen LogP) is 3.31. The molecule has 0 atom stereocenters. The number of pyridine rings is 1. The number of aromatic nitrogens is 1. The third kappa shape index (κ3) is 2.83. The van der Waals surface area contributed by atoms with Gasteiger partial charge in [0, 0.05) is 24.6 Å². The average molecular weight is 212 g/mol. The first-order valence-corrected chi connectivity index (χ1v) is 5.45. The molecule has 0 bridgehead atoms. The highest BCUT2D eigenvalue weighted by Crippen LogP contribution is 2.10. The second kappa shape index (κ2) is 4.79. The zero-order chi connectivity index (χ0) is 11.4. The fourth-order valence-electron chi connectivity index (χ4n) is 1.59. The van der Waals surface area contributed by atoms with Crippen LogP contribution in [-0.4, -0.2) is 4.98 Å². The van der Waals surface area contributed by atoms with Gasteiger partial charge in [-0.2, -0.15) is 0 Å². The van der Waals surface area contributed by atoms with Gasteiger partial charge >= 0.3 is 0 Å². The lowest BCUT2D eigenvalue weighted by atomic mass is 10.2. The highest BCUT2D eigenvalue weighted by molar-refractivity contribution is 5.44. The summed E-state index contributed by atoms with van der Waals surface area (Å²) in [6, 6.07) is 10.6. The van der Waals surface area contributed by atoms with Crippen molar-refractivity contribution in [3.63, 3.8) is 0 Å². The van der Waals surface area contributed by atoms with Crippen LogP contribution in [0.5, 0.6) is 0 Å². The summed E-state index contributed by atoms with van der Waals surface area (Å²) in [7, 11) is 0. The molecule has 82 valence electrons. The molecule has 0 saturated carbocycles. The molecule has 1 aromatic carbocycles. The van der Waals surface area contributed by atoms with Crippen molar-refractivity contribution in [3.05, 3.63) is 59.4 Å². The van der Waals surface area contributed by atoms with Gasteiger partial charge in [-0.05, 0) is 37.1 Å². The number of nitrogens with zero attached hydrogens (tertiary/aromatic N) is 1. The maximum absolute atomic E-state index is 4.17. The van der Waals surface area contributed by atoms with Gasteiger partial charge in [-0.1, -0.05) is 23.8 Å². The van der Waals surface area contributed by atoms with Crippen LogP contribution in [0.15, 0.2) is 42.7 Å². The predicted molar refractivity (Wildman–Crippen MR) is 67.5 cm³/mol. The van der Waals surface area contributed by atoms with Crippen molar-refractivity contribution in [3.8, 4) is 0 Å². The van der Waals surface area contributed by atoms with Gasteiger partial charge in [-0.15, -0.1) is 0 Å². The Morgan fingerprint density at radius 2 is 1.75 bits per heavy atom. The fraction of sp³-hybridized carbons (Fsp3) is 0.214. The number of nitrogens with one attached hydrogen (secondary N) is 1. The molecule has 0 spiro atoms. The van der Waals surface area contributed by atoms with E-state index < -0.39 is 0 Å². The van der Waals surface area contributed by atoms with Gasteiger partial charge in [0.05, 0.1) is 0 Å². The van der Waals surface area contributed by atoms with Crippen LogP contribution >= 0.6 is 0 Å². The Morgan fingerprint density at radius 1 is 1.00 bits per heavy atom. The highest BCUT2D eigenvalue weighted by Gasteiger charge is 1.95. The molecule has 0 amide bonds. The molecule has 2 aromatic rings. The molecule has 1 heterocycles. The minimum atomic E-state index is 0.817. The van der Waals surface area contributed by atoms with Gasteiger partial charge in [-0.3, -0.25) is 4.98 Å². The minimum absolute atomic E-state index is 0.817. The van der Waals surface area contributed by atoms with Gasteiger partial charge in [0.25, 0.3) is 0 Å². The summed E-state index contributed by atoms with van der Waals surface area (Å²) in [5.74, 6) is 0. The standard InChI is InChI=1S/C14H16N2/c1-11-3-5-14(6-4-11)16-10-13-7-12(2)8-15-9-13/h3-9,16H,10H2,1-2H3. The zero-order valence-electron chi connectivity index (χ0n) is 9.70. The Labute approximate surface area is 96.4 Å². The maximum atomic E-state index is 4.17. The van der Waals surface area contributed by atoms with Crippen LogP contribution in [-0.2, 0) is 6.54 Å². The largest absolute Gasteiger partial charge is 0.381 e. The van der Waals surface area contributed by atoms with Crippen LogP contribution in [0.3, 0.4) is 0 Å². The van der Waals surface area contributed by atoms with Crippen molar-refractivity contribution in [1.82, 2.24) is 4.98 Å². The maximum Gasteiger partial charge on any atom is 0.0416 e. The topological polar surface area (TPSA) is 24.9 Å². The fourth-order valence-corrected chi connectivity index (χ4v) is 1.59. The first-order chi connectivity index (χ1) is 7.74. The summed E-state index contributed by atoms with van der Waals surface area (Å²) in [5.41, 5.74) is 4.83. The van der Waals surface area contributed by atoms with Crippen LogP contribution in [0.25, 0.3) is 0 Å². The van der Waals surface area contributed by atoms with Crippen molar-refractivity contribution < 1.29 is 0 Å². The molecular formula is C14H16N2. The van der Waals surface area contributed by atoms with E-state index >= 15 is 0 Å². The van der Waals surface area contributed by atoms with Gasteiger partial charge in [-0.25, -0.2) is 0 Å². The van der Waals surface area contributed by atoms with Gasteiger partial charge in [0.1, 0.15) is 0 Å². The molecule has 2 nitrogen and oxygen atoms in total. The summed E-state index contributed by atoms with van der Waals surface area (Å²) in [4.78, 5) is 4.17. The van der Waals surface area contributed by atoms with E-state index in [1.54, 1.807) is 0 Å². The molecule has 0 unspecified atom stereocenters. The molecule has 0 aliphatic heterocycles. The Balaban J connectivity index is 1.99. The van der Waals surface area contributed by atoms with E-state index in [0.717, 1.165) is 12.2 Å². The first-order valence-electron chi connectivity index (χ1n) is 5.45. The second-order valence-corrected chi connectivity index (χ2v) is 4.09. The van der Waals surface area contributed by atoms with Crippen molar-refractivity contribution in [2.75, 3.05) is 5.32 Å². The number of benzene rings is 1. The van der Waals surface area contributed by atoms with E-state index in [-0.39, 0.29) is 0 Å². The molecule has 2 heteroatoms. The van der Waals surface area contributed by atoms with Crippen LogP contribution in [0.4, 0.5) is 5.69 Å². The van der Waals surface area contributed by atoms with E-state index in [1.165, 1.54) is 16.7 Å². The first kappa shape index (κ1) is 10.7. The number of anilines is 1. The zero-order valence-corrected chi connectivity index (χ0v) is 9.70. The van der Waals surface area contributed by atoms with E-state index in [1.807, 2.05) is 12.4 Å². The molecule has 0 aliphatic carbocycles. The van der Waals surface area contributed by atoms with Gasteiger partial charge in [0.2, 0.25) is 0 Å². The molecule has 1 N–H and O–H groups in total. The molecule has 0 aliphatic rings. The lowest BCUT2D eigenvalue weighted by molar-refractivity contribution is 1.10. The number of aryl methyl sites for hydroxylation is 2. The second-order valence-electron chi connectivity index (χ2n) is 4.09. The van der Waals surface area contributed by atoms with E-state index in [0.29, 0.717) is 0 Å². The van der Waals surface area contributed by atoms with Crippen molar-refractivity contribution in [2.24, 2.45) is 0 Å². The molecular weight excluding hydrogens is 196 g/mol. The van der Waals surface area contributed by atoms with Crippen LogP contribution in [0.2, 0.25) is 0 Å². The molecule has 0 saturated heterocycles. The third-order valence-corrected chi connectivity index (χ3v) is 2.48. The minimum Gasteiger partial charge on any atom is -0.381 e. The van der Waals surface area contributed by atoms with Crippen LogP contribution in [0.1, 0.15) is 16.7 Å². The average Bonchev–Trinajstić information content (AvgIpc) is 2.28. The number of hydrogen-bond acceptors (Lipinski definition) is 2. The highest BCUT2D eigenvalue weighted by atomic mass is 14.9. The number of hydrogen-bond donors (Lipinski definition) is 1. The molecule has 16 heavy (non-hydrogen) atoms. The monoisotopic (exact) mass is 212 g/mol. The van der Waals surface area contributed by atoms with Crippen molar-refractivity contribution in [2.45, 2.75) is 20.4 Å². The third-order valence-electron chi connectivity index (χ3n) is 2.48. The normalized spacial score (nSPS) is 10.1. The SMILES string of the molecule is Cc1ccc(NCc2cncc(C)c2)cc1. The van der Waals surface area contributed by atoms with E-state index in [2.05, 4.69) is 54.5 Å². The summed E-state index contributed by atoms with van der Waals surface area (Å²) in [6.45, 7) is 4.97. The van der Waals surface area contributed by atoms with E-state index in [9.17, 15) is 0 Å². The smallest absolute Gasteiger partial charge is 0.0416 e. The van der Waals surface area contributed by atoms with Crippen LogP contribution in [0, 0.1) is 13.8 Å². The summed E-state index contributed by atoms with van der Waals surface area (Å²) in [5, 5.41) is 3.38.